The summed E-state index contributed by atoms with van der Waals surface area (Å²) in [7, 11) is 1.46. The highest BCUT2D eigenvalue weighted by atomic mass is 16.5. The summed E-state index contributed by atoms with van der Waals surface area (Å²) in [6.07, 6.45) is 2.07. The Labute approximate surface area is 55.1 Å². The maximum Gasteiger partial charge on any atom is 0.143 e. The summed E-state index contributed by atoms with van der Waals surface area (Å²) < 4.78 is 4.78. The van der Waals surface area contributed by atoms with Crippen LogP contribution in [0.3, 0.4) is 0 Å². The van der Waals surface area contributed by atoms with E-state index in [9.17, 15) is 0 Å². The molecule has 0 saturated heterocycles. The average Bonchev–Trinajstić information content (AvgIpc) is 1.89. The van der Waals surface area contributed by atoms with Gasteiger partial charge in [-0.2, -0.15) is 0 Å². The van der Waals surface area contributed by atoms with Gasteiger partial charge in [0.15, 0.2) is 0 Å². The molecular weight excluding hydrogens is 118 g/mol. The lowest BCUT2D eigenvalue weighted by Gasteiger charge is -2.23. The predicted octanol–water partition coefficient (Wildman–Crippen LogP) is -0.144. The monoisotopic (exact) mass is 131 g/mol. The highest BCUT2D eigenvalue weighted by Gasteiger charge is 2.20. The molecule has 0 spiro atoms. The molecule has 0 aliphatic rings. The number of methoxy groups -OCH3 is 1. The van der Waals surface area contributed by atoms with E-state index in [-0.39, 0.29) is 6.61 Å². The van der Waals surface area contributed by atoms with Gasteiger partial charge in [-0.1, -0.05) is 6.08 Å². The number of hydrogen-bond acceptors (Lipinski definition) is 3. The van der Waals surface area contributed by atoms with E-state index in [1.165, 1.54) is 7.11 Å². The third-order valence-electron chi connectivity index (χ3n) is 1.16. The first-order valence-corrected chi connectivity index (χ1v) is 2.74. The van der Waals surface area contributed by atoms with Gasteiger partial charge in [0.25, 0.3) is 0 Å². The van der Waals surface area contributed by atoms with Gasteiger partial charge in [-0.3, -0.25) is 0 Å². The van der Waals surface area contributed by atoms with E-state index < -0.39 is 5.72 Å². The Kier molecular flexibility index (Phi) is 3.46. The molecule has 3 nitrogen and oxygen atoms in total. The molecule has 3 N–H and O–H groups in total. The lowest BCUT2D eigenvalue weighted by molar-refractivity contribution is -0.0446. The molecule has 0 amide bonds. The molecule has 0 heterocycles. The fourth-order valence-corrected chi connectivity index (χ4v) is 0.457. The first-order chi connectivity index (χ1) is 4.18. The van der Waals surface area contributed by atoms with E-state index in [4.69, 9.17) is 15.6 Å². The molecule has 0 aromatic rings. The van der Waals surface area contributed by atoms with Crippen LogP contribution in [-0.2, 0) is 4.74 Å². The summed E-state index contributed by atoms with van der Waals surface area (Å²) in [4.78, 5) is 0. The van der Waals surface area contributed by atoms with E-state index in [0.29, 0.717) is 6.42 Å². The Hall–Kier alpha value is -0.380. The van der Waals surface area contributed by atoms with Crippen LogP contribution in [0.5, 0.6) is 0 Å². The van der Waals surface area contributed by atoms with Gasteiger partial charge in [0, 0.05) is 13.5 Å². The molecule has 9 heavy (non-hydrogen) atoms. The summed E-state index contributed by atoms with van der Waals surface area (Å²) in [6, 6.07) is 0. The molecule has 0 rings (SSSR count). The molecule has 0 fully saturated rings. The Morgan fingerprint density at radius 2 is 2.44 bits per heavy atom. The van der Waals surface area contributed by atoms with Crippen molar-refractivity contribution in [1.29, 1.82) is 0 Å². The number of hydrogen-bond donors (Lipinski definition) is 2. The van der Waals surface area contributed by atoms with Crippen LogP contribution in [0.2, 0.25) is 0 Å². The van der Waals surface area contributed by atoms with Crippen LogP contribution in [0.4, 0.5) is 0 Å². The topological polar surface area (TPSA) is 55.5 Å². The van der Waals surface area contributed by atoms with Crippen LogP contribution < -0.4 is 5.73 Å². The second-order valence-electron chi connectivity index (χ2n) is 1.92. The SMILES string of the molecule is C=CC[C@](N)(CO)OC. The smallest absolute Gasteiger partial charge is 0.143 e. The molecule has 1 atom stereocenters. The quantitative estimate of drug-likeness (QED) is 0.412. The molecule has 0 saturated carbocycles. The molecule has 0 unspecified atom stereocenters. The minimum atomic E-state index is -0.929. The second kappa shape index (κ2) is 3.61. The molecule has 0 aromatic heterocycles. The van der Waals surface area contributed by atoms with Gasteiger partial charge >= 0.3 is 0 Å². The van der Waals surface area contributed by atoms with Gasteiger partial charge in [0.1, 0.15) is 5.72 Å². The summed E-state index contributed by atoms with van der Waals surface area (Å²) in [6.45, 7) is 3.29. The number of aliphatic hydroxyl groups is 1. The first kappa shape index (κ1) is 8.62. The van der Waals surface area contributed by atoms with Crippen LogP contribution in [0.1, 0.15) is 6.42 Å². The van der Waals surface area contributed by atoms with Crippen molar-refractivity contribution in [3.05, 3.63) is 12.7 Å². The highest BCUT2D eigenvalue weighted by molar-refractivity contribution is 4.81. The first-order valence-electron chi connectivity index (χ1n) is 2.74. The zero-order valence-electron chi connectivity index (χ0n) is 5.63. The van der Waals surface area contributed by atoms with Crippen molar-refractivity contribution in [2.45, 2.75) is 12.1 Å². The molecule has 0 aliphatic heterocycles. The van der Waals surface area contributed by atoms with E-state index in [2.05, 4.69) is 6.58 Å². The lowest BCUT2D eigenvalue weighted by atomic mass is 10.2. The van der Waals surface area contributed by atoms with Crippen LogP contribution >= 0.6 is 0 Å². The van der Waals surface area contributed by atoms with Crippen molar-refractivity contribution in [3.8, 4) is 0 Å². The zero-order chi connectivity index (χ0) is 7.33. The molecule has 54 valence electrons. The summed E-state index contributed by atoms with van der Waals surface area (Å²) in [5, 5.41) is 8.62. The van der Waals surface area contributed by atoms with Gasteiger partial charge in [-0.05, 0) is 0 Å². The Morgan fingerprint density at radius 3 is 2.56 bits per heavy atom. The van der Waals surface area contributed by atoms with Gasteiger partial charge in [0.2, 0.25) is 0 Å². The molecule has 0 radical (unpaired) electrons. The Balaban J connectivity index is 3.75. The molecule has 0 aromatic carbocycles. The van der Waals surface area contributed by atoms with E-state index in [1.807, 2.05) is 0 Å². The molecule has 3 heteroatoms. The minimum Gasteiger partial charge on any atom is -0.392 e. The fourth-order valence-electron chi connectivity index (χ4n) is 0.457. The fraction of sp³-hybridized carbons (Fsp3) is 0.667. The molecular formula is C6H13NO2. The summed E-state index contributed by atoms with van der Waals surface area (Å²) in [5.41, 5.74) is 4.53. The van der Waals surface area contributed by atoms with Crippen LogP contribution in [0.15, 0.2) is 12.7 Å². The van der Waals surface area contributed by atoms with Crippen molar-refractivity contribution in [2.24, 2.45) is 5.73 Å². The number of nitrogens with two attached hydrogens (primary N) is 1. The third-order valence-corrected chi connectivity index (χ3v) is 1.16. The maximum absolute atomic E-state index is 8.62. The second-order valence-corrected chi connectivity index (χ2v) is 1.92. The number of rotatable bonds is 4. The van der Waals surface area contributed by atoms with Crippen molar-refractivity contribution in [1.82, 2.24) is 0 Å². The van der Waals surface area contributed by atoms with Gasteiger partial charge in [0.05, 0.1) is 6.61 Å². The number of aliphatic hydroxyl groups excluding tert-OH is 1. The maximum atomic E-state index is 8.62. The standard InChI is InChI=1S/C6H13NO2/c1-3-4-6(7,5-8)9-2/h3,8H,1,4-5,7H2,2H3/t6-/m1/s1. The molecule has 0 bridgehead atoms. The summed E-state index contributed by atoms with van der Waals surface area (Å²) >= 11 is 0. The minimum absolute atomic E-state index is 0.185. The van der Waals surface area contributed by atoms with Crippen molar-refractivity contribution < 1.29 is 9.84 Å². The predicted molar refractivity (Wildman–Crippen MR) is 35.8 cm³/mol. The van der Waals surface area contributed by atoms with E-state index >= 15 is 0 Å². The summed E-state index contributed by atoms with van der Waals surface area (Å²) in [5.74, 6) is 0. The van der Waals surface area contributed by atoms with Gasteiger partial charge in [-0.25, -0.2) is 0 Å². The van der Waals surface area contributed by atoms with Crippen molar-refractivity contribution in [2.75, 3.05) is 13.7 Å². The van der Waals surface area contributed by atoms with Crippen molar-refractivity contribution >= 4 is 0 Å². The average molecular weight is 131 g/mol. The Bertz CT molecular complexity index is 89.1. The number of ether oxygens (including phenoxy) is 1. The largest absolute Gasteiger partial charge is 0.392 e. The van der Waals surface area contributed by atoms with Crippen molar-refractivity contribution in [3.63, 3.8) is 0 Å². The molecule has 0 aliphatic carbocycles. The van der Waals surface area contributed by atoms with Crippen LogP contribution in [0, 0.1) is 0 Å². The van der Waals surface area contributed by atoms with Crippen LogP contribution in [-0.4, -0.2) is 24.5 Å². The zero-order valence-corrected chi connectivity index (χ0v) is 5.63. The lowest BCUT2D eigenvalue weighted by Crippen LogP contribution is -2.44. The van der Waals surface area contributed by atoms with Gasteiger partial charge < -0.3 is 15.6 Å². The van der Waals surface area contributed by atoms with E-state index in [0.717, 1.165) is 0 Å². The Morgan fingerprint density at radius 1 is 1.89 bits per heavy atom. The van der Waals surface area contributed by atoms with Gasteiger partial charge in [-0.15, -0.1) is 6.58 Å². The van der Waals surface area contributed by atoms with Crippen LogP contribution in [0.25, 0.3) is 0 Å². The highest BCUT2D eigenvalue weighted by Crippen LogP contribution is 2.05. The third kappa shape index (κ3) is 2.60. The normalized spacial score (nSPS) is 16.8. The van der Waals surface area contributed by atoms with E-state index in [1.54, 1.807) is 6.08 Å².